The number of allylic oxidation sites excluding steroid dienone is 2. The van der Waals surface area contributed by atoms with Crippen LogP contribution in [0.1, 0.15) is 74.2 Å². The molecule has 0 spiro atoms. The Morgan fingerprint density at radius 2 is 1.69 bits per heavy atom. The Balaban J connectivity index is 1.91. The summed E-state index contributed by atoms with van der Waals surface area (Å²) in [5, 5.41) is 13.0. The van der Waals surface area contributed by atoms with Crippen LogP contribution in [-0.2, 0) is 27.2 Å². The van der Waals surface area contributed by atoms with Gasteiger partial charge in [-0.05, 0) is 71.8 Å². The van der Waals surface area contributed by atoms with E-state index in [1.165, 1.54) is 11.3 Å². The molecule has 2 atom stereocenters. The molecule has 1 aromatic heterocycles. The number of aliphatic carboxylic acids is 1. The van der Waals surface area contributed by atoms with Gasteiger partial charge in [-0.1, -0.05) is 11.1 Å². The first-order chi connectivity index (χ1) is 13.7. The number of esters is 1. The van der Waals surface area contributed by atoms with E-state index in [0.29, 0.717) is 23.4 Å². The number of rotatable bonds is 5. The number of amides is 1. The van der Waals surface area contributed by atoms with Crippen LogP contribution in [0, 0.1) is 11.8 Å². The fraction of sp³-hybridized carbons (Fsp3) is 0.591. The van der Waals surface area contributed by atoms with Crippen LogP contribution in [0.3, 0.4) is 0 Å². The maximum atomic E-state index is 13.1. The molecule has 29 heavy (non-hydrogen) atoms. The molecule has 1 amide bonds. The molecule has 1 aromatic rings. The van der Waals surface area contributed by atoms with Crippen LogP contribution in [0.2, 0.25) is 0 Å². The normalized spacial score (nSPS) is 21.7. The summed E-state index contributed by atoms with van der Waals surface area (Å²) < 4.78 is 5.43. The molecule has 2 N–H and O–H groups in total. The summed E-state index contributed by atoms with van der Waals surface area (Å²) in [6.07, 6.45) is 4.30. The van der Waals surface area contributed by atoms with E-state index in [1.807, 2.05) is 13.8 Å². The summed E-state index contributed by atoms with van der Waals surface area (Å²) in [5.74, 6) is -3.10. The smallest absolute Gasteiger partial charge is 0.341 e. The first-order valence-corrected chi connectivity index (χ1v) is 11.0. The number of ether oxygens (including phenoxy) is 1. The van der Waals surface area contributed by atoms with Gasteiger partial charge in [-0.3, -0.25) is 9.59 Å². The Kier molecular flexibility index (Phi) is 6.46. The lowest BCUT2D eigenvalue weighted by Gasteiger charge is -2.29. The van der Waals surface area contributed by atoms with Crippen LogP contribution in [0.25, 0.3) is 0 Å². The number of aryl methyl sites for hydroxylation is 1. The summed E-state index contributed by atoms with van der Waals surface area (Å²) in [5.41, 5.74) is 3.53. The van der Waals surface area contributed by atoms with Crippen LogP contribution in [0.4, 0.5) is 5.00 Å². The van der Waals surface area contributed by atoms with E-state index in [2.05, 4.69) is 5.32 Å². The third-order valence-electron chi connectivity index (χ3n) is 5.88. The average molecular weight is 420 g/mol. The largest absolute Gasteiger partial charge is 0.481 e. The lowest BCUT2D eigenvalue weighted by atomic mass is 9.76. The van der Waals surface area contributed by atoms with Crippen molar-refractivity contribution in [1.29, 1.82) is 0 Å². The zero-order valence-corrected chi connectivity index (χ0v) is 18.3. The summed E-state index contributed by atoms with van der Waals surface area (Å²) in [6, 6.07) is 0. The highest BCUT2D eigenvalue weighted by molar-refractivity contribution is 7.17. The Bertz CT molecular complexity index is 867. The Morgan fingerprint density at radius 1 is 1.07 bits per heavy atom. The molecule has 158 valence electrons. The van der Waals surface area contributed by atoms with Gasteiger partial charge in [-0.2, -0.15) is 0 Å². The van der Waals surface area contributed by atoms with Crippen molar-refractivity contribution in [1.82, 2.24) is 0 Å². The number of nitrogens with one attached hydrogen (secondary N) is 1. The predicted molar refractivity (Wildman–Crippen MR) is 112 cm³/mol. The van der Waals surface area contributed by atoms with Crippen molar-refractivity contribution < 1.29 is 24.2 Å². The van der Waals surface area contributed by atoms with E-state index in [4.69, 9.17) is 4.74 Å². The SMILES string of the molecule is CC1=C(C)C[C@H](C(=O)Nc2sc3c(c2C(=O)OC(C)C)CCCC3)[C@@H](C(=O)O)C1. The maximum Gasteiger partial charge on any atom is 0.341 e. The third kappa shape index (κ3) is 4.55. The van der Waals surface area contributed by atoms with Crippen molar-refractivity contribution in [3.63, 3.8) is 0 Å². The number of carboxylic acid groups (broad SMARTS) is 1. The third-order valence-corrected chi connectivity index (χ3v) is 7.08. The van der Waals surface area contributed by atoms with E-state index in [9.17, 15) is 19.5 Å². The standard InChI is InChI=1S/C22H29NO5S/c1-11(2)28-22(27)18-14-7-5-6-8-17(14)29-20(18)23-19(24)15-9-12(3)13(4)10-16(15)21(25)26/h11,15-16H,5-10H2,1-4H3,(H,23,24)(H,25,26)/t15-,16-/m0/s1. The van der Waals surface area contributed by atoms with Crippen molar-refractivity contribution in [2.75, 3.05) is 5.32 Å². The predicted octanol–water partition coefficient (Wildman–Crippen LogP) is 4.58. The molecular weight excluding hydrogens is 390 g/mol. The van der Waals surface area contributed by atoms with Gasteiger partial charge in [0.15, 0.2) is 0 Å². The first kappa shape index (κ1) is 21.6. The molecule has 2 aliphatic rings. The van der Waals surface area contributed by atoms with E-state index >= 15 is 0 Å². The molecule has 0 saturated heterocycles. The molecule has 0 fully saturated rings. The summed E-state index contributed by atoms with van der Waals surface area (Å²) in [7, 11) is 0. The number of hydrogen-bond acceptors (Lipinski definition) is 5. The van der Waals surface area contributed by atoms with Gasteiger partial charge in [0.25, 0.3) is 0 Å². The van der Waals surface area contributed by atoms with Gasteiger partial charge < -0.3 is 15.2 Å². The Hall–Kier alpha value is -2.15. The minimum Gasteiger partial charge on any atom is -0.481 e. The Labute approximate surface area is 175 Å². The number of carboxylic acids is 1. The lowest BCUT2D eigenvalue weighted by molar-refractivity contribution is -0.146. The quantitative estimate of drug-likeness (QED) is 0.538. The molecule has 0 unspecified atom stereocenters. The topological polar surface area (TPSA) is 92.7 Å². The molecule has 6 nitrogen and oxygen atoms in total. The second kappa shape index (κ2) is 8.69. The molecule has 0 radical (unpaired) electrons. The van der Waals surface area contributed by atoms with Crippen molar-refractivity contribution in [2.45, 2.75) is 72.3 Å². The van der Waals surface area contributed by atoms with Crippen molar-refractivity contribution in [3.05, 3.63) is 27.2 Å². The molecule has 0 aliphatic heterocycles. The van der Waals surface area contributed by atoms with Crippen LogP contribution in [0.5, 0.6) is 0 Å². The van der Waals surface area contributed by atoms with Gasteiger partial charge in [-0.15, -0.1) is 11.3 Å². The summed E-state index contributed by atoms with van der Waals surface area (Å²) in [6.45, 7) is 7.47. The number of carbonyl (C=O) groups is 3. The van der Waals surface area contributed by atoms with E-state index in [1.54, 1.807) is 13.8 Å². The molecule has 7 heteroatoms. The number of anilines is 1. The van der Waals surface area contributed by atoms with Gasteiger partial charge in [-0.25, -0.2) is 4.79 Å². The molecular formula is C22H29NO5S. The maximum absolute atomic E-state index is 13.1. The average Bonchev–Trinajstić information content (AvgIpc) is 3.00. The van der Waals surface area contributed by atoms with Gasteiger partial charge >= 0.3 is 11.9 Å². The molecule has 3 rings (SSSR count). The number of thiophene rings is 1. The van der Waals surface area contributed by atoms with Gasteiger partial charge in [0, 0.05) is 4.88 Å². The molecule has 0 bridgehead atoms. The Morgan fingerprint density at radius 3 is 2.31 bits per heavy atom. The fourth-order valence-electron chi connectivity index (χ4n) is 4.18. The van der Waals surface area contributed by atoms with Gasteiger partial charge in [0.2, 0.25) is 5.91 Å². The monoisotopic (exact) mass is 419 g/mol. The van der Waals surface area contributed by atoms with E-state index < -0.39 is 23.8 Å². The second-order valence-corrected chi connectivity index (χ2v) is 9.48. The minimum absolute atomic E-state index is 0.254. The van der Waals surface area contributed by atoms with Crippen LogP contribution in [0.15, 0.2) is 11.1 Å². The van der Waals surface area contributed by atoms with Gasteiger partial charge in [0.1, 0.15) is 5.00 Å². The zero-order valence-electron chi connectivity index (χ0n) is 17.5. The lowest BCUT2D eigenvalue weighted by Crippen LogP contribution is -2.36. The van der Waals surface area contributed by atoms with Crippen molar-refractivity contribution >= 4 is 34.2 Å². The molecule has 0 saturated carbocycles. The van der Waals surface area contributed by atoms with Crippen LogP contribution in [-0.4, -0.2) is 29.1 Å². The van der Waals surface area contributed by atoms with E-state index in [-0.39, 0.29) is 12.0 Å². The second-order valence-electron chi connectivity index (χ2n) is 8.38. The van der Waals surface area contributed by atoms with Crippen LogP contribution < -0.4 is 5.32 Å². The van der Waals surface area contributed by atoms with Crippen LogP contribution >= 0.6 is 11.3 Å². The number of fused-ring (bicyclic) bond motifs is 1. The first-order valence-electron chi connectivity index (χ1n) is 10.2. The van der Waals surface area contributed by atoms with Crippen molar-refractivity contribution in [3.8, 4) is 0 Å². The minimum atomic E-state index is -0.957. The van der Waals surface area contributed by atoms with Gasteiger partial charge in [0.05, 0.1) is 23.5 Å². The highest BCUT2D eigenvalue weighted by Gasteiger charge is 2.38. The molecule has 2 aliphatic carbocycles. The zero-order chi connectivity index (χ0) is 21.3. The summed E-state index contributed by atoms with van der Waals surface area (Å²) in [4.78, 5) is 38.7. The number of hydrogen-bond donors (Lipinski definition) is 2. The highest BCUT2D eigenvalue weighted by Crippen LogP contribution is 2.40. The van der Waals surface area contributed by atoms with E-state index in [0.717, 1.165) is 47.3 Å². The fourth-order valence-corrected chi connectivity index (χ4v) is 5.46. The highest BCUT2D eigenvalue weighted by atomic mass is 32.1. The molecule has 0 aromatic carbocycles. The molecule has 1 heterocycles. The number of carbonyl (C=O) groups excluding carboxylic acids is 2. The van der Waals surface area contributed by atoms with Crippen molar-refractivity contribution in [2.24, 2.45) is 11.8 Å². The summed E-state index contributed by atoms with van der Waals surface area (Å²) >= 11 is 1.43.